The van der Waals surface area contributed by atoms with E-state index in [0.717, 1.165) is 46.4 Å². The fourth-order valence-corrected chi connectivity index (χ4v) is 5.44. The van der Waals surface area contributed by atoms with Gasteiger partial charge in [-0.05, 0) is 64.5 Å². The number of halogens is 1. The zero-order valence-corrected chi connectivity index (χ0v) is 24.6. The Morgan fingerprint density at radius 3 is 2.52 bits per heavy atom. The first-order chi connectivity index (χ1) is 19.2. The van der Waals surface area contributed by atoms with Crippen LogP contribution in [0.15, 0.2) is 102 Å². The molecule has 40 heavy (non-hydrogen) atoms. The van der Waals surface area contributed by atoms with Crippen LogP contribution in [0.25, 0.3) is 22.0 Å². The van der Waals surface area contributed by atoms with Crippen LogP contribution >= 0.6 is 23.4 Å². The van der Waals surface area contributed by atoms with Gasteiger partial charge in [0.2, 0.25) is 0 Å². The van der Waals surface area contributed by atoms with Crippen LogP contribution in [0.5, 0.6) is 0 Å². The van der Waals surface area contributed by atoms with Crippen molar-refractivity contribution in [2.75, 3.05) is 25.6 Å². The quantitative estimate of drug-likeness (QED) is 0.207. The minimum Gasteiger partial charge on any atom is -0.403 e. The lowest BCUT2D eigenvalue weighted by atomic mass is 9.81. The van der Waals surface area contributed by atoms with E-state index >= 15 is 0 Å². The Labute approximate surface area is 244 Å². The second kappa shape index (κ2) is 12.8. The van der Waals surface area contributed by atoms with Crippen molar-refractivity contribution in [3.63, 3.8) is 0 Å². The highest BCUT2D eigenvalue weighted by Gasteiger charge is 2.38. The third-order valence-electron chi connectivity index (χ3n) is 7.17. The van der Waals surface area contributed by atoms with E-state index in [4.69, 9.17) is 17.3 Å². The number of rotatable bonds is 11. The van der Waals surface area contributed by atoms with Crippen molar-refractivity contribution in [3.05, 3.63) is 130 Å². The minimum atomic E-state index is -1.61. The van der Waals surface area contributed by atoms with E-state index in [9.17, 15) is 9.90 Å². The Bertz CT molecular complexity index is 1600. The zero-order chi connectivity index (χ0) is 28.9. The number of aromatic nitrogens is 1. The molecule has 1 aromatic heterocycles. The molecule has 0 amide bonds. The second-order valence-electron chi connectivity index (χ2n) is 9.62. The van der Waals surface area contributed by atoms with E-state index in [1.165, 1.54) is 6.20 Å². The number of benzene rings is 3. The molecule has 3 aromatic carbocycles. The van der Waals surface area contributed by atoms with Gasteiger partial charge in [-0.15, -0.1) is 0 Å². The predicted octanol–water partition coefficient (Wildman–Crippen LogP) is 5.42. The van der Waals surface area contributed by atoms with Gasteiger partial charge in [0.15, 0.2) is 5.60 Å². The van der Waals surface area contributed by atoms with E-state index in [1.807, 2.05) is 60.7 Å². The van der Waals surface area contributed by atoms with Crippen molar-refractivity contribution in [1.82, 2.24) is 14.8 Å². The van der Waals surface area contributed by atoms with Crippen molar-refractivity contribution in [2.24, 2.45) is 12.8 Å². The third-order valence-corrected chi connectivity index (χ3v) is 8.01. The number of nitrogens with zero attached hydrogens (tertiary/aromatic N) is 2. The summed E-state index contributed by atoms with van der Waals surface area (Å²) in [5, 5.41) is 17.4. The molecule has 0 radical (unpaired) electrons. The van der Waals surface area contributed by atoms with Crippen LogP contribution in [0, 0.1) is 0 Å². The van der Waals surface area contributed by atoms with Gasteiger partial charge in [0.05, 0.1) is 11.2 Å². The molecule has 1 heterocycles. The molecule has 0 fully saturated rings. The summed E-state index contributed by atoms with van der Waals surface area (Å²) in [5.41, 5.74) is 9.47. The average Bonchev–Trinajstić information content (AvgIpc) is 2.97. The summed E-state index contributed by atoms with van der Waals surface area (Å²) in [7, 11) is 3.53. The third kappa shape index (κ3) is 5.83. The summed E-state index contributed by atoms with van der Waals surface area (Å²) in [6, 6.07) is 22.5. The molecule has 208 valence electrons. The highest BCUT2D eigenvalue weighted by molar-refractivity contribution is 7.98. The topological polar surface area (TPSA) is 83.5 Å². The van der Waals surface area contributed by atoms with E-state index in [0.29, 0.717) is 21.8 Å². The summed E-state index contributed by atoms with van der Waals surface area (Å²) in [6.45, 7) is 5.54. The summed E-state index contributed by atoms with van der Waals surface area (Å²) in [4.78, 5) is 14.6. The van der Waals surface area contributed by atoms with Crippen LogP contribution in [-0.2, 0) is 19.2 Å². The monoisotopic (exact) mass is 574 g/mol. The molecule has 0 aliphatic heterocycles. The maximum absolute atomic E-state index is 12.9. The largest absolute Gasteiger partial charge is 0.403 e. The molecule has 0 bridgehead atoms. The number of aliphatic hydroxyl groups is 1. The number of hydrogen-bond donors (Lipinski definition) is 3. The van der Waals surface area contributed by atoms with Gasteiger partial charge in [0, 0.05) is 55.6 Å². The van der Waals surface area contributed by atoms with Gasteiger partial charge in [-0.25, -0.2) is 0 Å². The van der Waals surface area contributed by atoms with Crippen LogP contribution < -0.4 is 16.6 Å². The predicted molar refractivity (Wildman–Crippen MR) is 169 cm³/mol. The van der Waals surface area contributed by atoms with Gasteiger partial charge in [-0.1, -0.05) is 60.6 Å². The lowest BCUT2D eigenvalue weighted by Crippen LogP contribution is -2.37. The first kappa shape index (κ1) is 29.5. The second-order valence-corrected chi connectivity index (χ2v) is 11.0. The number of thioether (sulfide) groups is 1. The van der Waals surface area contributed by atoms with Gasteiger partial charge in [-0.3, -0.25) is 4.79 Å². The van der Waals surface area contributed by atoms with Crippen molar-refractivity contribution >= 4 is 34.3 Å². The van der Waals surface area contributed by atoms with Crippen LogP contribution in [-0.4, -0.2) is 40.2 Å². The van der Waals surface area contributed by atoms with Crippen molar-refractivity contribution in [3.8, 4) is 11.1 Å². The first-order valence-electron chi connectivity index (χ1n) is 12.9. The fraction of sp³-hybridized carbons (Fsp3) is 0.219. The fourth-order valence-electron chi connectivity index (χ4n) is 4.91. The lowest BCUT2D eigenvalue weighted by molar-refractivity contribution is 0.0968. The Morgan fingerprint density at radius 1 is 1.15 bits per heavy atom. The highest BCUT2D eigenvalue weighted by atomic mass is 35.5. The number of pyridine rings is 1. The van der Waals surface area contributed by atoms with Gasteiger partial charge in [0.25, 0.3) is 5.56 Å². The molecule has 0 saturated heterocycles. The lowest BCUT2D eigenvalue weighted by Gasteiger charge is -2.36. The Hall–Kier alpha value is -3.49. The van der Waals surface area contributed by atoms with Gasteiger partial charge in [-0.2, -0.15) is 11.8 Å². The normalized spacial score (nSPS) is 13.3. The molecule has 4 N–H and O–H groups in total. The molecular formula is C32H35ClN4O2S. The maximum Gasteiger partial charge on any atom is 0.251 e. The van der Waals surface area contributed by atoms with E-state index in [1.54, 1.807) is 53.7 Å². The van der Waals surface area contributed by atoms with Crippen LogP contribution in [0.2, 0.25) is 5.02 Å². The van der Waals surface area contributed by atoms with E-state index < -0.39 is 5.60 Å². The summed E-state index contributed by atoms with van der Waals surface area (Å²) < 4.78 is 1.60. The number of likely N-dealkylation sites (N-methyl/N-ethyl adjacent to an activating group) is 1. The molecule has 4 rings (SSSR count). The highest BCUT2D eigenvalue weighted by Crippen LogP contribution is 2.40. The first-order valence-corrected chi connectivity index (χ1v) is 14.7. The molecule has 0 spiro atoms. The van der Waals surface area contributed by atoms with Crippen molar-refractivity contribution < 1.29 is 5.11 Å². The van der Waals surface area contributed by atoms with Crippen LogP contribution in [0.4, 0.5) is 0 Å². The number of fused-ring (bicyclic) bond motifs is 1. The minimum absolute atomic E-state index is 0.138. The summed E-state index contributed by atoms with van der Waals surface area (Å²) >= 11 is 8.11. The van der Waals surface area contributed by atoms with Gasteiger partial charge < -0.3 is 25.6 Å². The molecule has 0 aliphatic rings. The number of aryl methyl sites for hydroxylation is 1. The summed E-state index contributed by atoms with van der Waals surface area (Å²) in [5.74, 6) is 1.04. The molecule has 0 saturated carbocycles. The Balaban J connectivity index is 1.92. The Morgan fingerprint density at radius 2 is 1.88 bits per heavy atom. The molecule has 0 aliphatic carbocycles. The standard InChI is InChI=1S/C32H35ClN4O2S/c1-5-36(2)30(20-34)32(39,24-11-9-22(10-12-24)21-35-15-16-40-4)25-13-14-29-28(18-25)27(19-31(38)37(29)3)23-7-6-8-26(33)17-23/h5-14,17-20,35,39H,1,15-16,21,34H2,2-4H3/b30-20-. The van der Waals surface area contributed by atoms with E-state index in [-0.39, 0.29) is 5.56 Å². The zero-order valence-electron chi connectivity index (χ0n) is 23.0. The van der Waals surface area contributed by atoms with E-state index in [2.05, 4.69) is 18.2 Å². The maximum atomic E-state index is 12.9. The molecule has 6 nitrogen and oxygen atoms in total. The summed E-state index contributed by atoms with van der Waals surface area (Å²) in [6.07, 6.45) is 5.10. The Kier molecular flexibility index (Phi) is 9.43. The number of nitrogens with one attached hydrogen (secondary N) is 1. The van der Waals surface area contributed by atoms with Crippen LogP contribution in [0.3, 0.4) is 0 Å². The molecular weight excluding hydrogens is 540 g/mol. The number of hydrogen-bond acceptors (Lipinski definition) is 6. The molecule has 1 unspecified atom stereocenters. The average molecular weight is 575 g/mol. The number of nitrogens with two attached hydrogens (primary N) is 1. The molecule has 1 atom stereocenters. The molecule has 4 aromatic rings. The SMILES string of the molecule is C=CN(C)/C(=C\N)C(O)(c1ccc(CNCCSC)cc1)c1ccc2c(c1)c(-c1cccc(Cl)c1)cc(=O)n2C. The van der Waals surface area contributed by atoms with Crippen molar-refractivity contribution in [1.29, 1.82) is 0 Å². The molecule has 8 heteroatoms. The van der Waals surface area contributed by atoms with Gasteiger partial charge >= 0.3 is 0 Å². The van der Waals surface area contributed by atoms with Crippen molar-refractivity contribution in [2.45, 2.75) is 12.1 Å². The van der Waals surface area contributed by atoms with Gasteiger partial charge in [0.1, 0.15) is 0 Å². The van der Waals surface area contributed by atoms with Crippen LogP contribution in [0.1, 0.15) is 16.7 Å². The smallest absolute Gasteiger partial charge is 0.251 e.